The summed E-state index contributed by atoms with van der Waals surface area (Å²) in [5.41, 5.74) is 2.64. The molecule has 1 heterocycles. The molecule has 2 aromatic rings. The quantitative estimate of drug-likeness (QED) is 0.928. The van der Waals surface area contributed by atoms with Crippen molar-refractivity contribution in [2.45, 2.75) is 13.5 Å². The first kappa shape index (κ1) is 13.9. The molecule has 0 bridgehead atoms. The normalized spacial score (nSPS) is 9.90. The summed E-state index contributed by atoms with van der Waals surface area (Å²) in [6.07, 6.45) is 1.31. The number of carbonyl (C=O) groups is 1. The molecule has 1 aromatic carbocycles. The number of nitrogens with one attached hydrogen (secondary N) is 1. The second-order valence-electron chi connectivity index (χ2n) is 4.26. The van der Waals surface area contributed by atoms with Crippen molar-refractivity contribution in [2.75, 3.05) is 12.4 Å². The summed E-state index contributed by atoms with van der Waals surface area (Å²) < 4.78 is 10.1. The molecule has 5 heteroatoms. The van der Waals surface area contributed by atoms with Crippen LogP contribution in [0.3, 0.4) is 0 Å². The van der Waals surface area contributed by atoms with Crippen LogP contribution in [-0.4, -0.2) is 18.2 Å². The van der Waals surface area contributed by atoms with E-state index in [-0.39, 0.29) is 0 Å². The molecular weight excluding hydrogens is 256 g/mol. The average Bonchev–Trinajstić information content (AvgIpc) is 2.48. The van der Waals surface area contributed by atoms with Crippen LogP contribution in [0.2, 0.25) is 0 Å². The van der Waals surface area contributed by atoms with Crippen LogP contribution in [0.1, 0.15) is 11.3 Å². The van der Waals surface area contributed by atoms with E-state index >= 15 is 0 Å². The summed E-state index contributed by atoms with van der Waals surface area (Å²) >= 11 is 0. The number of hydrogen-bond acceptors (Lipinski definition) is 4. The molecule has 20 heavy (non-hydrogen) atoms. The number of anilines is 1. The summed E-state index contributed by atoms with van der Waals surface area (Å²) in [5.74, 6) is 0.711. The maximum atomic E-state index is 11.0. The summed E-state index contributed by atoms with van der Waals surface area (Å²) in [4.78, 5) is 15.3. The lowest BCUT2D eigenvalue weighted by molar-refractivity contribution is 0.187. The fourth-order valence-electron chi connectivity index (χ4n) is 1.54. The number of nitrogens with zero attached hydrogens (tertiary/aromatic N) is 1. The summed E-state index contributed by atoms with van der Waals surface area (Å²) in [5, 5.41) is 2.57. The van der Waals surface area contributed by atoms with Gasteiger partial charge in [-0.3, -0.25) is 10.3 Å². The molecule has 0 aliphatic carbocycles. The zero-order valence-electron chi connectivity index (χ0n) is 11.4. The molecule has 0 fully saturated rings. The SMILES string of the molecule is COC(=O)Nc1ccc(OCc2ccc(C)cn2)cc1. The van der Waals surface area contributed by atoms with Crippen molar-refractivity contribution in [1.82, 2.24) is 4.98 Å². The number of aromatic nitrogens is 1. The number of hydrogen-bond donors (Lipinski definition) is 1. The zero-order chi connectivity index (χ0) is 14.4. The molecule has 1 amide bonds. The number of benzene rings is 1. The predicted molar refractivity (Wildman–Crippen MR) is 75.8 cm³/mol. The minimum absolute atomic E-state index is 0.407. The summed E-state index contributed by atoms with van der Waals surface area (Å²) in [7, 11) is 1.32. The van der Waals surface area contributed by atoms with E-state index in [1.165, 1.54) is 7.11 Å². The van der Waals surface area contributed by atoms with Crippen molar-refractivity contribution >= 4 is 11.8 Å². The Labute approximate surface area is 117 Å². The van der Waals surface area contributed by atoms with Crippen LogP contribution in [0, 0.1) is 6.92 Å². The minimum atomic E-state index is -0.498. The summed E-state index contributed by atoms with van der Waals surface area (Å²) in [6, 6.07) is 11.0. The molecule has 0 atom stereocenters. The maximum Gasteiger partial charge on any atom is 0.411 e. The van der Waals surface area contributed by atoms with Gasteiger partial charge in [-0.15, -0.1) is 0 Å². The van der Waals surface area contributed by atoms with Gasteiger partial charge in [0.25, 0.3) is 0 Å². The fourth-order valence-corrected chi connectivity index (χ4v) is 1.54. The monoisotopic (exact) mass is 272 g/mol. The molecule has 2 rings (SSSR count). The van der Waals surface area contributed by atoms with Gasteiger partial charge in [-0.1, -0.05) is 6.07 Å². The highest BCUT2D eigenvalue weighted by Crippen LogP contribution is 2.17. The Balaban J connectivity index is 1.90. The lowest BCUT2D eigenvalue weighted by Crippen LogP contribution is -2.10. The molecule has 5 nitrogen and oxygen atoms in total. The van der Waals surface area contributed by atoms with Crippen LogP contribution < -0.4 is 10.1 Å². The lowest BCUT2D eigenvalue weighted by atomic mass is 10.3. The van der Waals surface area contributed by atoms with Gasteiger partial charge in [-0.2, -0.15) is 0 Å². The van der Waals surface area contributed by atoms with Crippen molar-refractivity contribution in [3.8, 4) is 5.75 Å². The highest BCUT2D eigenvalue weighted by Gasteiger charge is 2.01. The number of amides is 1. The van der Waals surface area contributed by atoms with E-state index in [0.29, 0.717) is 18.0 Å². The molecule has 0 unspecified atom stereocenters. The first-order valence-electron chi connectivity index (χ1n) is 6.17. The van der Waals surface area contributed by atoms with Gasteiger partial charge in [0.05, 0.1) is 12.8 Å². The van der Waals surface area contributed by atoms with Gasteiger partial charge >= 0.3 is 6.09 Å². The van der Waals surface area contributed by atoms with Crippen LogP contribution >= 0.6 is 0 Å². The van der Waals surface area contributed by atoms with Crippen LogP contribution in [0.4, 0.5) is 10.5 Å². The molecule has 1 aromatic heterocycles. The first-order valence-corrected chi connectivity index (χ1v) is 6.17. The number of ether oxygens (including phenoxy) is 2. The van der Waals surface area contributed by atoms with E-state index < -0.39 is 6.09 Å². The molecule has 104 valence electrons. The molecule has 1 N–H and O–H groups in total. The molecule has 0 aliphatic rings. The van der Waals surface area contributed by atoms with Gasteiger partial charge in [0.15, 0.2) is 0 Å². The van der Waals surface area contributed by atoms with Gasteiger partial charge < -0.3 is 9.47 Å². The standard InChI is InChI=1S/C15H16N2O3/c1-11-3-4-13(16-9-11)10-20-14-7-5-12(6-8-14)17-15(18)19-2/h3-9H,10H2,1-2H3,(H,17,18). The van der Waals surface area contributed by atoms with Crippen molar-refractivity contribution in [2.24, 2.45) is 0 Å². The smallest absolute Gasteiger partial charge is 0.411 e. The number of pyridine rings is 1. The van der Waals surface area contributed by atoms with Crippen molar-refractivity contribution in [3.05, 3.63) is 53.9 Å². The Morgan fingerprint density at radius 3 is 2.55 bits per heavy atom. The Morgan fingerprint density at radius 2 is 1.95 bits per heavy atom. The average molecular weight is 272 g/mol. The van der Waals surface area contributed by atoms with E-state index in [0.717, 1.165) is 11.3 Å². The van der Waals surface area contributed by atoms with E-state index in [1.807, 2.05) is 25.3 Å². The van der Waals surface area contributed by atoms with Crippen LogP contribution in [-0.2, 0) is 11.3 Å². The van der Waals surface area contributed by atoms with E-state index in [9.17, 15) is 4.79 Å². The Bertz CT molecular complexity index is 565. The number of rotatable bonds is 4. The molecule has 0 radical (unpaired) electrons. The first-order chi connectivity index (χ1) is 9.67. The molecular formula is C15H16N2O3. The van der Waals surface area contributed by atoms with E-state index in [4.69, 9.17) is 4.74 Å². The second kappa shape index (κ2) is 6.56. The van der Waals surface area contributed by atoms with Crippen LogP contribution in [0.5, 0.6) is 5.75 Å². The van der Waals surface area contributed by atoms with Gasteiger partial charge in [-0.25, -0.2) is 4.79 Å². The Morgan fingerprint density at radius 1 is 1.20 bits per heavy atom. The third kappa shape index (κ3) is 3.98. The molecule has 0 aliphatic heterocycles. The van der Waals surface area contributed by atoms with Gasteiger partial charge in [-0.05, 0) is 42.8 Å². The van der Waals surface area contributed by atoms with Crippen LogP contribution in [0.15, 0.2) is 42.6 Å². The van der Waals surface area contributed by atoms with Gasteiger partial charge in [0.2, 0.25) is 0 Å². The predicted octanol–water partition coefficient (Wildman–Crippen LogP) is 3.15. The highest BCUT2D eigenvalue weighted by molar-refractivity contribution is 5.84. The van der Waals surface area contributed by atoms with Gasteiger partial charge in [0, 0.05) is 11.9 Å². The molecule has 0 saturated heterocycles. The van der Waals surface area contributed by atoms with Crippen LogP contribution in [0.25, 0.3) is 0 Å². The van der Waals surface area contributed by atoms with Crippen molar-refractivity contribution < 1.29 is 14.3 Å². The minimum Gasteiger partial charge on any atom is -0.487 e. The highest BCUT2D eigenvalue weighted by atomic mass is 16.5. The zero-order valence-corrected chi connectivity index (χ0v) is 11.4. The second-order valence-corrected chi connectivity index (χ2v) is 4.26. The Kier molecular flexibility index (Phi) is 4.55. The topological polar surface area (TPSA) is 60.5 Å². The van der Waals surface area contributed by atoms with E-state index in [1.54, 1.807) is 24.3 Å². The molecule has 0 saturated carbocycles. The number of aryl methyl sites for hydroxylation is 1. The molecule has 0 spiro atoms. The van der Waals surface area contributed by atoms with Crippen molar-refractivity contribution in [3.63, 3.8) is 0 Å². The number of carbonyl (C=O) groups excluding carboxylic acids is 1. The van der Waals surface area contributed by atoms with E-state index in [2.05, 4.69) is 15.0 Å². The fraction of sp³-hybridized carbons (Fsp3) is 0.200. The number of methoxy groups -OCH3 is 1. The third-order valence-corrected chi connectivity index (χ3v) is 2.65. The Hall–Kier alpha value is -2.56. The largest absolute Gasteiger partial charge is 0.487 e. The summed E-state index contributed by atoms with van der Waals surface area (Å²) in [6.45, 7) is 2.40. The van der Waals surface area contributed by atoms with Gasteiger partial charge in [0.1, 0.15) is 12.4 Å². The lowest BCUT2D eigenvalue weighted by Gasteiger charge is -2.07. The maximum absolute atomic E-state index is 11.0. The van der Waals surface area contributed by atoms with Crippen molar-refractivity contribution in [1.29, 1.82) is 0 Å². The third-order valence-electron chi connectivity index (χ3n) is 2.65.